The molecule has 2 rings (SSSR count). The largest absolute Gasteiger partial charge is 0.241 e. The highest BCUT2D eigenvalue weighted by Crippen LogP contribution is 2.12. The van der Waals surface area contributed by atoms with E-state index in [2.05, 4.69) is 9.82 Å². The molecule has 0 amide bonds. The van der Waals surface area contributed by atoms with Crippen molar-refractivity contribution in [2.45, 2.75) is 4.90 Å². The van der Waals surface area contributed by atoms with Gasteiger partial charge in [0, 0.05) is 12.4 Å². The summed E-state index contributed by atoms with van der Waals surface area (Å²) >= 11 is 0. The topological polar surface area (TPSA) is 64.0 Å². The molecule has 16 heavy (non-hydrogen) atoms. The quantitative estimate of drug-likeness (QED) is 0.858. The maximum Gasteiger partial charge on any atom is 0.240 e. The smallest absolute Gasteiger partial charge is 0.240 e. The maximum atomic E-state index is 11.5. The van der Waals surface area contributed by atoms with E-state index in [1.165, 1.54) is 7.05 Å². The number of sulfonamides is 1. The predicted octanol–water partition coefficient (Wildman–Crippen LogP) is 0.780. The Bertz CT molecular complexity index is 559. The number of hydrogen-bond acceptors (Lipinski definition) is 3. The predicted molar refractivity (Wildman–Crippen MR) is 59.8 cm³/mol. The van der Waals surface area contributed by atoms with Gasteiger partial charge in [-0.15, -0.1) is 0 Å². The fraction of sp³-hybridized carbons (Fsp3) is 0.100. The first kappa shape index (κ1) is 10.8. The molecule has 0 aliphatic carbocycles. The van der Waals surface area contributed by atoms with E-state index in [1.807, 2.05) is 0 Å². The van der Waals surface area contributed by atoms with Crippen molar-refractivity contribution in [2.24, 2.45) is 0 Å². The Labute approximate surface area is 93.8 Å². The van der Waals surface area contributed by atoms with E-state index in [9.17, 15) is 8.42 Å². The molecule has 0 aliphatic heterocycles. The third kappa shape index (κ3) is 1.98. The number of nitrogens with zero attached hydrogens (tertiary/aromatic N) is 2. The van der Waals surface area contributed by atoms with E-state index < -0.39 is 10.0 Å². The minimum atomic E-state index is -3.36. The van der Waals surface area contributed by atoms with Gasteiger partial charge in [-0.3, -0.25) is 0 Å². The van der Waals surface area contributed by atoms with E-state index in [1.54, 1.807) is 47.4 Å². The molecule has 2 aromatic rings. The van der Waals surface area contributed by atoms with Gasteiger partial charge < -0.3 is 0 Å². The molecule has 0 spiro atoms. The summed E-state index contributed by atoms with van der Waals surface area (Å²) in [6.07, 6.45) is 3.46. The lowest BCUT2D eigenvalue weighted by Crippen LogP contribution is -2.18. The van der Waals surface area contributed by atoms with Crippen molar-refractivity contribution < 1.29 is 8.42 Å². The van der Waals surface area contributed by atoms with E-state index in [4.69, 9.17) is 0 Å². The molecule has 0 aliphatic rings. The molecule has 0 fully saturated rings. The molecule has 0 unspecified atom stereocenters. The van der Waals surface area contributed by atoms with Gasteiger partial charge >= 0.3 is 0 Å². The van der Waals surface area contributed by atoms with Crippen LogP contribution in [0.25, 0.3) is 5.69 Å². The number of rotatable bonds is 3. The Morgan fingerprint density at radius 3 is 2.44 bits per heavy atom. The van der Waals surface area contributed by atoms with E-state index in [0.717, 1.165) is 5.69 Å². The van der Waals surface area contributed by atoms with Crippen molar-refractivity contribution in [1.82, 2.24) is 14.5 Å². The highest BCUT2D eigenvalue weighted by atomic mass is 32.2. The van der Waals surface area contributed by atoms with Gasteiger partial charge in [0.25, 0.3) is 0 Å². The van der Waals surface area contributed by atoms with E-state index in [0.29, 0.717) is 0 Å². The molecule has 84 valence electrons. The second kappa shape index (κ2) is 4.07. The average molecular weight is 237 g/mol. The zero-order chi connectivity index (χ0) is 11.6. The van der Waals surface area contributed by atoms with Crippen LogP contribution >= 0.6 is 0 Å². The van der Waals surface area contributed by atoms with Crippen LogP contribution < -0.4 is 4.72 Å². The Morgan fingerprint density at radius 2 is 1.94 bits per heavy atom. The minimum absolute atomic E-state index is 0.242. The molecule has 5 nitrogen and oxygen atoms in total. The molecule has 0 bridgehead atoms. The summed E-state index contributed by atoms with van der Waals surface area (Å²) < 4.78 is 26.9. The standard InChI is InChI=1S/C10H11N3O2S/c1-11-16(14,15)10-5-3-9(4-6-10)13-8-2-7-12-13/h2-8,11H,1H3. The molecule has 6 heteroatoms. The van der Waals surface area contributed by atoms with Gasteiger partial charge in [-0.2, -0.15) is 5.10 Å². The molecular weight excluding hydrogens is 226 g/mol. The maximum absolute atomic E-state index is 11.5. The first-order valence-corrected chi connectivity index (χ1v) is 6.15. The molecule has 1 heterocycles. The Kier molecular flexibility index (Phi) is 2.76. The van der Waals surface area contributed by atoms with Crippen LogP contribution in [0.5, 0.6) is 0 Å². The zero-order valence-corrected chi connectivity index (χ0v) is 9.48. The van der Waals surface area contributed by atoms with Crippen molar-refractivity contribution >= 4 is 10.0 Å². The Hall–Kier alpha value is -1.66. The lowest BCUT2D eigenvalue weighted by Gasteiger charge is -2.04. The zero-order valence-electron chi connectivity index (χ0n) is 8.66. The molecule has 0 saturated carbocycles. The summed E-state index contributed by atoms with van der Waals surface area (Å²) in [6, 6.07) is 8.30. The van der Waals surface area contributed by atoms with Crippen molar-refractivity contribution in [3.8, 4) is 5.69 Å². The molecule has 0 atom stereocenters. The van der Waals surface area contributed by atoms with Crippen LogP contribution in [0.3, 0.4) is 0 Å². The van der Waals surface area contributed by atoms with Crippen LogP contribution in [0.2, 0.25) is 0 Å². The second-order valence-electron chi connectivity index (χ2n) is 3.15. The van der Waals surface area contributed by atoms with Gasteiger partial charge in [0.2, 0.25) is 10.0 Å². The lowest BCUT2D eigenvalue weighted by atomic mass is 10.3. The molecule has 1 N–H and O–H groups in total. The number of nitrogens with one attached hydrogen (secondary N) is 1. The van der Waals surface area contributed by atoms with Crippen LogP contribution in [-0.4, -0.2) is 25.2 Å². The summed E-state index contributed by atoms with van der Waals surface area (Å²) in [5.41, 5.74) is 0.819. The van der Waals surface area contributed by atoms with E-state index in [-0.39, 0.29) is 4.90 Å². The first-order chi connectivity index (χ1) is 7.63. The van der Waals surface area contributed by atoms with Gasteiger partial charge in [0.1, 0.15) is 0 Å². The summed E-state index contributed by atoms with van der Waals surface area (Å²) in [4.78, 5) is 0.242. The fourth-order valence-electron chi connectivity index (χ4n) is 1.32. The normalized spacial score (nSPS) is 11.6. The third-order valence-corrected chi connectivity index (χ3v) is 3.61. The lowest BCUT2D eigenvalue weighted by molar-refractivity contribution is 0.588. The third-order valence-electron chi connectivity index (χ3n) is 2.18. The SMILES string of the molecule is CNS(=O)(=O)c1ccc(-n2cccn2)cc1. The van der Waals surface area contributed by atoms with Crippen LogP contribution in [0.1, 0.15) is 0 Å². The van der Waals surface area contributed by atoms with Crippen LogP contribution in [0, 0.1) is 0 Å². The molecular formula is C10H11N3O2S. The highest BCUT2D eigenvalue weighted by Gasteiger charge is 2.10. The van der Waals surface area contributed by atoms with Gasteiger partial charge in [0.15, 0.2) is 0 Å². The Balaban J connectivity index is 2.38. The van der Waals surface area contributed by atoms with E-state index >= 15 is 0 Å². The minimum Gasteiger partial charge on any atom is -0.241 e. The molecule has 0 saturated heterocycles. The molecule has 1 aromatic carbocycles. The number of aromatic nitrogens is 2. The van der Waals surface area contributed by atoms with Crippen LogP contribution in [-0.2, 0) is 10.0 Å². The second-order valence-corrected chi connectivity index (χ2v) is 5.04. The summed E-state index contributed by atoms with van der Waals surface area (Å²) in [5, 5.41) is 4.05. The van der Waals surface area contributed by atoms with Gasteiger partial charge in [0.05, 0.1) is 10.6 Å². The van der Waals surface area contributed by atoms with Gasteiger partial charge in [-0.25, -0.2) is 17.8 Å². The molecule has 0 radical (unpaired) electrons. The van der Waals surface area contributed by atoms with Crippen LogP contribution in [0.4, 0.5) is 0 Å². The average Bonchev–Trinajstić information content (AvgIpc) is 2.83. The summed E-state index contributed by atoms with van der Waals surface area (Å²) in [6.45, 7) is 0. The van der Waals surface area contributed by atoms with Crippen molar-refractivity contribution in [3.63, 3.8) is 0 Å². The number of hydrogen-bond donors (Lipinski definition) is 1. The molecule has 1 aromatic heterocycles. The fourth-order valence-corrected chi connectivity index (χ4v) is 2.05. The van der Waals surface area contributed by atoms with Crippen molar-refractivity contribution in [1.29, 1.82) is 0 Å². The Morgan fingerprint density at radius 1 is 1.25 bits per heavy atom. The van der Waals surface area contributed by atoms with Gasteiger partial charge in [-0.1, -0.05) is 0 Å². The summed E-state index contributed by atoms with van der Waals surface area (Å²) in [5.74, 6) is 0. The van der Waals surface area contributed by atoms with Crippen molar-refractivity contribution in [3.05, 3.63) is 42.7 Å². The number of benzene rings is 1. The highest BCUT2D eigenvalue weighted by molar-refractivity contribution is 7.89. The van der Waals surface area contributed by atoms with Gasteiger partial charge in [-0.05, 0) is 37.4 Å². The van der Waals surface area contributed by atoms with Crippen LogP contribution in [0.15, 0.2) is 47.6 Å². The monoisotopic (exact) mass is 237 g/mol. The summed E-state index contributed by atoms with van der Waals surface area (Å²) in [7, 11) is -1.98. The first-order valence-electron chi connectivity index (χ1n) is 4.67. The van der Waals surface area contributed by atoms with Crippen molar-refractivity contribution in [2.75, 3.05) is 7.05 Å².